The lowest BCUT2D eigenvalue weighted by Gasteiger charge is -2.21. The Kier molecular flexibility index (Phi) is 6.51. The smallest absolute Gasteiger partial charge is 0.247 e. The minimum absolute atomic E-state index is 0.0460. The van der Waals surface area contributed by atoms with Gasteiger partial charge in [0.1, 0.15) is 6.04 Å². The van der Waals surface area contributed by atoms with Crippen molar-refractivity contribution < 1.29 is 9.59 Å². The Balaban J connectivity index is 1.92. The topological polar surface area (TPSA) is 91.1 Å². The maximum atomic E-state index is 12.4. The van der Waals surface area contributed by atoms with E-state index in [9.17, 15) is 14.4 Å². The summed E-state index contributed by atoms with van der Waals surface area (Å²) in [6.45, 7) is 4.05. The van der Waals surface area contributed by atoms with E-state index in [1.807, 2.05) is 44.2 Å². The lowest BCUT2D eigenvalue weighted by Crippen LogP contribution is -2.49. The molecule has 0 saturated carbocycles. The fourth-order valence-electron chi connectivity index (χ4n) is 2.39. The Morgan fingerprint density at radius 2 is 1.76 bits per heavy atom. The van der Waals surface area contributed by atoms with Crippen molar-refractivity contribution in [2.75, 3.05) is 0 Å². The Hall–Kier alpha value is -2.89. The maximum Gasteiger partial charge on any atom is 0.247 e. The number of amides is 2. The van der Waals surface area contributed by atoms with Crippen LogP contribution in [0.1, 0.15) is 25.0 Å². The van der Waals surface area contributed by atoms with Gasteiger partial charge in [-0.2, -0.15) is 0 Å². The van der Waals surface area contributed by atoms with Gasteiger partial charge in [0.15, 0.2) is 0 Å². The number of pyridine rings is 1. The molecule has 0 spiro atoms. The number of benzene rings is 1. The molecule has 25 heavy (non-hydrogen) atoms. The molecule has 0 unspecified atom stereocenters. The summed E-state index contributed by atoms with van der Waals surface area (Å²) in [4.78, 5) is 38.2. The van der Waals surface area contributed by atoms with Crippen LogP contribution in [0.2, 0.25) is 0 Å². The van der Waals surface area contributed by atoms with Crippen LogP contribution in [-0.4, -0.2) is 22.8 Å². The van der Waals surface area contributed by atoms with E-state index >= 15 is 0 Å². The van der Waals surface area contributed by atoms with Gasteiger partial charge >= 0.3 is 0 Å². The molecule has 6 heteroatoms. The van der Waals surface area contributed by atoms with Crippen LogP contribution < -0.4 is 16.2 Å². The number of nitrogens with one attached hydrogen (secondary N) is 3. The van der Waals surface area contributed by atoms with Crippen molar-refractivity contribution in [3.8, 4) is 0 Å². The molecular weight excluding hydrogens is 318 g/mol. The molecule has 0 saturated heterocycles. The third kappa shape index (κ3) is 5.91. The Morgan fingerprint density at radius 3 is 2.36 bits per heavy atom. The molecule has 2 amide bonds. The average Bonchev–Trinajstić information content (AvgIpc) is 2.59. The summed E-state index contributed by atoms with van der Waals surface area (Å²) in [6, 6.07) is 11.8. The highest BCUT2D eigenvalue weighted by Gasteiger charge is 2.23. The summed E-state index contributed by atoms with van der Waals surface area (Å²) in [7, 11) is 0. The van der Waals surface area contributed by atoms with E-state index in [0.29, 0.717) is 0 Å². The largest absolute Gasteiger partial charge is 0.350 e. The molecule has 1 heterocycles. The van der Waals surface area contributed by atoms with Gasteiger partial charge in [-0.15, -0.1) is 0 Å². The highest BCUT2D eigenvalue weighted by atomic mass is 16.2. The molecule has 0 fully saturated rings. The van der Waals surface area contributed by atoms with Crippen LogP contribution in [0.3, 0.4) is 0 Å². The predicted octanol–water partition coefficient (Wildman–Crippen LogP) is 1.37. The molecule has 1 aromatic heterocycles. The van der Waals surface area contributed by atoms with Crippen LogP contribution in [-0.2, 0) is 22.6 Å². The molecule has 2 aromatic rings. The summed E-state index contributed by atoms with van der Waals surface area (Å²) >= 11 is 0. The van der Waals surface area contributed by atoms with Gasteiger partial charge in [0.25, 0.3) is 0 Å². The maximum absolute atomic E-state index is 12.4. The molecule has 0 aliphatic heterocycles. The number of carbonyl (C=O) groups is 2. The van der Waals surface area contributed by atoms with Crippen LogP contribution in [0.25, 0.3) is 0 Å². The van der Waals surface area contributed by atoms with Gasteiger partial charge in [-0.1, -0.05) is 50.2 Å². The van der Waals surface area contributed by atoms with Crippen molar-refractivity contribution in [1.29, 1.82) is 0 Å². The van der Waals surface area contributed by atoms with E-state index in [4.69, 9.17) is 0 Å². The van der Waals surface area contributed by atoms with Gasteiger partial charge < -0.3 is 15.6 Å². The summed E-state index contributed by atoms with van der Waals surface area (Å²) < 4.78 is 0. The van der Waals surface area contributed by atoms with Crippen molar-refractivity contribution in [2.24, 2.45) is 5.92 Å². The van der Waals surface area contributed by atoms with Crippen LogP contribution in [0.4, 0.5) is 0 Å². The van der Waals surface area contributed by atoms with Crippen LogP contribution in [0.15, 0.2) is 53.5 Å². The summed E-state index contributed by atoms with van der Waals surface area (Å²) in [6.07, 6.45) is 1.79. The highest BCUT2D eigenvalue weighted by Crippen LogP contribution is 2.05. The quantitative estimate of drug-likeness (QED) is 0.710. The Bertz CT molecular complexity index is 748. The predicted molar refractivity (Wildman–Crippen MR) is 95.8 cm³/mol. The van der Waals surface area contributed by atoms with Crippen LogP contribution in [0, 0.1) is 5.92 Å². The number of aromatic amines is 1. The molecular formula is C19H23N3O3. The first-order valence-electron chi connectivity index (χ1n) is 8.24. The average molecular weight is 341 g/mol. The monoisotopic (exact) mass is 341 g/mol. The van der Waals surface area contributed by atoms with Gasteiger partial charge in [-0.05, 0) is 17.0 Å². The molecule has 1 atom stereocenters. The minimum atomic E-state index is -0.612. The number of H-pyrrole nitrogens is 1. The summed E-state index contributed by atoms with van der Waals surface area (Å²) in [5, 5.41) is 5.59. The van der Waals surface area contributed by atoms with E-state index in [0.717, 1.165) is 11.1 Å². The van der Waals surface area contributed by atoms with Crippen molar-refractivity contribution in [1.82, 2.24) is 15.6 Å². The number of rotatable bonds is 7. The van der Waals surface area contributed by atoms with Crippen molar-refractivity contribution in [3.63, 3.8) is 0 Å². The SMILES string of the molecule is CC(C)[C@H](NC(=O)Cc1ccccc1)C(=O)NCc1ccc(=O)[nH]c1. The summed E-state index contributed by atoms with van der Waals surface area (Å²) in [5.41, 5.74) is 1.49. The first kappa shape index (κ1) is 18.4. The Labute approximate surface area is 146 Å². The van der Waals surface area contributed by atoms with Gasteiger partial charge in [-0.3, -0.25) is 14.4 Å². The number of aromatic nitrogens is 1. The summed E-state index contributed by atoms with van der Waals surface area (Å²) in [5.74, 6) is -0.484. The van der Waals surface area contributed by atoms with E-state index in [1.54, 1.807) is 12.3 Å². The molecule has 6 nitrogen and oxygen atoms in total. The zero-order valence-corrected chi connectivity index (χ0v) is 14.4. The highest BCUT2D eigenvalue weighted by molar-refractivity contribution is 5.88. The van der Waals surface area contributed by atoms with Crippen molar-refractivity contribution in [2.45, 2.75) is 32.9 Å². The fourth-order valence-corrected chi connectivity index (χ4v) is 2.39. The lowest BCUT2D eigenvalue weighted by atomic mass is 10.0. The van der Waals surface area contributed by atoms with Crippen molar-refractivity contribution >= 4 is 11.8 Å². The standard InChI is InChI=1S/C19H23N3O3/c1-13(2)18(22-17(24)10-14-6-4-3-5-7-14)19(25)21-12-15-8-9-16(23)20-11-15/h3-9,11,13,18H,10,12H2,1-2H3,(H,20,23)(H,21,25)(H,22,24)/t18-/m0/s1. The van der Waals surface area contributed by atoms with E-state index < -0.39 is 6.04 Å². The molecule has 0 radical (unpaired) electrons. The molecule has 0 bridgehead atoms. The molecule has 3 N–H and O–H groups in total. The van der Waals surface area contributed by atoms with Crippen LogP contribution in [0.5, 0.6) is 0 Å². The molecule has 2 rings (SSSR count). The first-order valence-corrected chi connectivity index (χ1v) is 8.24. The Morgan fingerprint density at radius 1 is 1.04 bits per heavy atom. The second-order valence-corrected chi connectivity index (χ2v) is 6.23. The van der Waals surface area contributed by atoms with E-state index in [-0.39, 0.29) is 36.3 Å². The zero-order chi connectivity index (χ0) is 18.2. The van der Waals surface area contributed by atoms with Gasteiger partial charge in [0, 0.05) is 18.8 Å². The van der Waals surface area contributed by atoms with E-state index in [2.05, 4.69) is 15.6 Å². The second-order valence-electron chi connectivity index (χ2n) is 6.23. The van der Waals surface area contributed by atoms with E-state index in [1.165, 1.54) is 6.07 Å². The normalized spacial score (nSPS) is 11.8. The molecule has 0 aliphatic carbocycles. The number of carbonyl (C=O) groups excluding carboxylic acids is 2. The molecule has 1 aromatic carbocycles. The second kappa shape index (κ2) is 8.82. The first-order chi connectivity index (χ1) is 12.0. The van der Waals surface area contributed by atoms with Gasteiger partial charge in [0.2, 0.25) is 17.4 Å². The van der Waals surface area contributed by atoms with Crippen molar-refractivity contribution in [3.05, 3.63) is 70.1 Å². The third-order valence-corrected chi connectivity index (χ3v) is 3.79. The number of hydrogen-bond donors (Lipinski definition) is 3. The van der Waals surface area contributed by atoms with Gasteiger partial charge in [-0.25, -0.2) is 0 Å². The fraction of sp³-hybridized carbons (Fsp3) is 0.316. The zero-order valence-electron chi connectivity index (χ0n) is 14.4. The number of hydrogen-bond acceptors (Lipinski definition) is 3. The molecule has 132 valence electrons. The molecule has 0 aliphatic rings. The third-order valence-electron chi connectivity index (χ3n) is 3.79. The lowest BCUT2D eigenvalue weighted by molar-refractivity contribution is -0.129. The van der Waals surface area contributed by atoms with Crippen LogP contribution >= 0.6 is 0 Å². The minimum Gasteiger partial charge on any atom is -0.350 e. The van der Waals surface area contributed by atoms with Gasteiger partial charge in [0.05, 0.1) is 6.42 Å².